The molecule has 41 heavy (non-hydrogen) atoms. The molecule has 0 aromatic carbocycles. The van der Waals surface area contributed by atoms with Crippen LogP contribution in [0.25, 0.3) is 0 Å². The highest BCUT2D eigenvalue weighted by Crippen LogP contribution is 2.46. The summed E-state index contributed by atoms with van der Waals surface area (Å²) in [5.41, 5.74) is 0. The van der Waals surface area contributed by atoms with Crippen LogP contribution in [-0.4, -0.2) is 65.2 Å². The van der Waals surface area contributed by atoms with E-state index in [1.807, 2.05) is 0 Å². The molecular formula is C28H44F2O8S3. The van der Waals surface area contributed by atoms with Gasteiger partial charge in [0.2, 0.25) is 0 Å². The molecule has 0 aromatic heterocycles. The second-order valence-electron chi connectivity index (χ2n) is 11.7. The number of halogens is 2. The number of carbonyl (C=O) groups excluding carboxylic acids is 3. The summed E-state index contributed by atoms with van der Waals surface area (Å²) in [6.07, 6.45) is 15.3. The molecule has 236 valence electrons. The summed E-state index contributed by atoms with van der Waals surface area (Å²) in [7, 11) is -5.90. The van der Waals surface area contributed by atoms with Crippen molar-refractivity contribution >= 4 is 51.9 Å². The van der Waals surface area contributed by atoms with Crippen molar-refractivity contribution in [3.8, 4) is 0 Å². The van der Waals surface area contributed by atoms with Gasteiger partial charge in [0, 0.05) is 23.3 Å². The van der Waals surface area contributed by atoms with E-state index >= 15 is 0 Å². The fraction of sp³-hybridized carbons (Fsp3) is 0.893. The second kappa shape index (κ2) is 16.8. The maximum Gasteiger partial charge on any atom is 0.465 e. The molecule has 3 aliphatic rings. The minimum absolute atomic E-state index is 0.0362. The molecule has 13 heteroatoms. The second-order valence-corrected chi connectivity index (χ2v) is 16.1. The van der Waals surface area contributed by atoms with E-state index in [9.17, 15) is 31.6 Å². The Morgan fingerprint density at radius 1 is 0.951 bits per heavy atom. The fourth-order valence-corrected chi connectivity index (χ4v) is 10.0. The predicted octanol–water partition coefficient (Wildman–Crippen LogP) is 6.27. The normalized spacial score (nSPS) is 24.5. The van der Waals surface area contributed by atoms with E-state index in [2.05, 4.69) is 4.74 Å². The lowest BCUT2D eigenvalue weighted by molar-refractivity contribution is -0.161. The molecule has 2 saturated carbocycles. The van der Waals surface area contributed by atoms with Crippen molar-refractivity contribution in [3.05, 3.63) is 0 Å². The van der Waals surface area contributed by atoms with Crippen molar-refractivity contribution in [1.82, 2.24) is 0 Å². The molecule has 4 atom stereocenters. The van der Waals surface area contributed by atoms with E-state index in [-0.39, 0.29) is 53.7 Å². The SMILES string of the molecule is O=CC(CCC(=O)OCC1CSC(C(CCOC(=O)C(F)(F)S(=O)(=O)O)CC2CCCCC2)S1)CC1CCCCC1. The van der Waals surface area contributed by atoms with E-state index in [1.165, 1.54) is 25.7 Å². The van der Waals surface area contributed by atoms with Crippen molar-refractivity contribution in [1.29, 1.82) is 0 Å². The number of carbonyl (C=O) groups is 3. The van der Waals surface area contributed by atoms with Gasteiger partial charge in [0.05, 0.1) is 11.2 Å². The average Bonchev–Trinajstić information content (AvgIpc) is 3.43. The zero-order valence-electron chi connectivity index (χ0n) is 23.6. The van der Waals surface area contributed by atoms with Crippen LogP contribution in [0.2, 0.25) is 0 Å². The van der Waals surface area contributed by atoms with Crippen LogP contribution < -0.4 is 0 Å². The van der Waals surface area contributed by atoms with E-state index < -0.39 is 21.3 Å². The number of aldehydes is 1. The molecule has 0 aromatic rings. The van der Waals surface area contributed by atoms with Crippen LogP contribution in [0.1, 0.15) is 96.3 Å². The van der Waals surface area contributed by atoms with Gasteiger partial charge < -0.3 is 14.3 Å². The zero-order chi connectivity index (χ0) is 29.9. The van der Waals surface area contributed by atoms with Gasteiger partial charge in [0.15, 0.2) is 0 Å². The molecule has 3 fully saturated rings. The van der Waals surface area contributed by atoms with E-state index in [4.69, 9.17) is 9.29 Å². The standard InChI is InChI=1S/C28H44F2O8S3/c29-28(30,41(34,35)36)27(33)37-14-13-23(16-21-9-5-2-6-10-21)26-39-19-24(40-26)18-38-25(32)12-11-22(17-31)15-20-7-3-1-4-8-20/h17,20-24,26H,1-16,18-19H2,(H,34,35,36). The van der Waals surface area contributed by atoms with Gasteiger partial charge in [0.25, 0.3) is 0 Å². The number of esters is 2. The molecule has 0 amide bonds. The third kappa shape index (κ3) is 11.3. The molecule has 1 saturated heterocycles. The first-order valence-corrected chi connectivity index (χ1v) is 18.3. The topological polar surface area (TPSA) is 124 Å². The number of hydrogen-bond acceptors (Lipinski definition) is 9. The largest absolute Gasteiger partial charge is 0.465 e. The summed E-state index contributed by atoms with van der Waals surface area (Å²) < 4.78 is 67.6. The van der Waals surface area contributed by atoms with Gasteiger partial charge in [-0.15, -0.1) is 23.5 Å². The number of ether oxygens (including phenoxy) is 2. The zero-order valence-corrected chi connectivity index (χ0v) is 26.0. The molecule has 0 radical (unpaired) electrons. The number of hydrogen-bond donors (Lipinski definition) is 1. The van der Waals surface area contributed by atoms with Gasteiger partial charge in [0.1, 0.15) is 12.9 Å². The van der Waals surface area contributed by atoms with E-state index in [0.29, 0.717) is 18.3 Å². The average molecular weight is 643 g/mol. The van der Waals surface area contributed by atoms with Crippen LogP contribution in [0, 0.1) is 23.7 Å². The highest BCUT2D eigenvalue weighted by Gasteiger charge is 2.54. The monoisotopic (exact) mass is 642 g/mol. The van der Waals surface area contributed by atoms with Gasteiger partial charge >= 0.3 is 27.3 Å². The Kier molecular flexibility index (Phi) is 14.2. The lowest BCUT2D eigenvalue weighted by Crippen LogP contribution is -2.39. The van der Waals surface area contributed by atoms with Crippen LogP contribution in [0.4, 0.5) is 8.78 Å². The summed E-state index contributed by atoms with van der Waals surface area (Å²) >= 11 is 3.38. The summed E-state index contributed by atoms with van der Waals surface area (Å²) in [5.74, 6) is -0.844. The molecule has 1 heterocycles. The van der Waals surface area contributed by atoms with Gasteiger partial charge in [-0.1, -0.05) is 64.2 Å². The molecule has 3 rings (SSSR count). The quantitative estimate of drug-likeness (QED) is 0.117. The van der Waals surface area contributed by atoms with E-state index in [0.717, 1.165) is 63.4 Å². The molecule has 4 unspecified atom stereocenters. The Bertz CT molecular complexity index is 952. The van der Waals surface area contributed by atoms with Crippen LogP contribution in [0.3, 0.4) is 0 Å². The Balaban J connectivity index is 1.44. The highest BCUT2D eigenvalue weighted by atomic mass is 32.2. The highest BCUT2D eigenvalue weighted by molar-refractivity contribution is 8.20. The van der Waals surface area contributed by atoms with Crippen molar-refractivity contribution < 1.29 is 45.6 Å². The lowest BCUT2D eigenvalue weighted by Gasteiger charge is -2.29. The van der Waals surface area contributed by atoms with Crippen LogP contribution in [0.5, 0.6) is 0 Å². The summed E-state index contributed by atoms with van der Waals surface area (Å²) in [6, 6.07) is 0. The molecule has 8 nitrogen and oxygen atoms in total. The predicted molar refractivity (Wildman–Crippen MR) is 155 cm³/mol. The third-order valence-corrected chi connectivity index (χ3v) is 12.9. The van der Waals surface area contributed by atoms with Gasteiger partial charge in [-0.05, 0) is 43.4 Å². The number of rotatable bonds is 16. The molecule has 0 spiro atoms. The first-order valence-electron chi connectivity index (χ1n) is 14.9. The van der Waals surface area contributed by atoms with Crippen molar-refractivity contribution in [2.24, 2.45) is 23.7 Å². The van der Waals surface area contributed by atoms with Crippen molar-refractivity contribution in [3.63, 3.8) is 0 Å². The number of thioether (sulfide) groups is 2. The van der Waals surface area contributed by atoms with Crippen molar-refractivity contribution in [2.45, 2.75) is 111 Å². The molecule has 0 bridgehead atoms. The molecule has 2 aliphatic carbocycles. The smallest absolute Gasteiger partial charge is 0.464 e. The summed E-state index contributed by atoms with van der Waals surface area (Å²) in [4.78, 5) is 35.6. The van der Waals surface area contributed by atoms with E-state index in [1.54, 1.807) is 23.5 Å². The number of alkyl halides is 2. The van der Waals surface area contributed by atoms with Crippen molar-refractivity contribution in [2.75, 3.05) is 19.0 Å². The third-order valence-electron chi connectivity index (χ3n) is 8.50. The first kappa shape index (κ1) is 34.6. The first-order chi connectivity index (χ1) is 19.5. The fourth-order valence-electron chi connectivity index (χ4n) is 6.17. The summed E-state index contributed by atoms with van der Waals surface area (Å²) in [6.45, 7) is -0.121. The van der Waals surface area contributed by atoms with Gasteiger partial charge in [-0.2, -0.15) is 17.2 Å². The molecule has 1 N–H and O–H groups in total. The Hall–Kier alpha value is -0.920. The lowest BCUT2D eigenvalue weighted by atomic mass is 9.82. The Labute approximate surface area is 250 Å². The van der Waals surface area contributed by atoms with Crippen LogP contribution >= 0.6 is 23.5 Å². The molecular weight excluding hydrogens is 598 g/mol. The van der Waals surface area contributed by atoms with Gasteiger partial charge in [-0.25, -0.2) is 4.79 Å². The van der Waals surface area contributed by atoms with Gasteiger partial charge in [-0.3, -0.25) is 9.35 Å². The molecule has 1 aliphatic heterocycles. The maximum absolute atomic E-state index is 13.6. The maximum atomic E-state index is 13.6. The van der Waals surface area contributed by atoms with Crippen LogP contribution in [0.15, 0.2) is 0 Å². The Morgan fingerprint density at radius 3 is 2.15 bits per heavy atom. The summed E-state index contributed by atoms with van der Waals surface area (Å²) in [5, 5.41) is -4.93. The van der Waals surface area contributed by atoms with Crippen LogP contribution in [-0.2, 0) is 34.0 Å². The minimum Gasteiger partial charge on any atom is -0.464 e. The minimum atomic E-state index is -5.90. The Morgan fingerprint density at radius 2 is 1.56 bits per heavy atom.